The summed E-state index contributed by atoms with van der Waals surface area (Å²) in [6.07, 6.45) is 0. The number of benzene rings is 2. The van der Waals surface area contributed by atoms with Gasteiger partial charge in [0.2, 0.25) is 0 Å². The molecule has 1 atom stereocenters. The smallest absolute Gasteiger partial charge is 0.264 e. The molecule has 0 spiro atoms. The number of hydrogen-bond acceptors (Lipinski definition) is 7. The number of amides is 1. The van der Waals surface area contributed by atoms with Crippen molar-refractivity contribution in [2.45, 2.75) is 17.9 Å². The van der Waals surface area contributed by atoms with Crippen molar-refractivity contribution in [2.24, 2.45) is 0 Å². The first kappa shape index (κ1) is 20.0. The fourth-order valence-corrected chi connectivity index (χ4v) is 5.28. The zero-order valence-corrected chi connectivity index (χ0v) is 17.8. The van der Waals surface area contributed by atoms with Crippen LogP contribution in [0.1, 0.15) is 17.3 Å². The Balaban J connectivity index is 1.71. The highest BCUT2D eigenvalue weighted by Gasteiger charge is 2.26. The predicted molar refractivity (Wildman–Crippen MR) is 113 cm³/mol. The van der Waals surface area contributed by atoms with E-state index in [4.69, 9.17) is 11.6 Å². The molecular formula is C18H18ClN5O3S2. The predicted octanol–water partition coefficient (Wildman–Crippen LogP) is 2.58. The van der Waals surface area contributed by atoms with Gasteiger partial charge in [0.1, 0.15) is 15.9 Å². The van der Waals surface area contributed by atoms with Gasteiger partial charge in [0, 0.05) is 30.7 Å². The third-order valence-corrected chi connectivity index (χ3v) is 6.83. The Bertz CT molecular complexity index is 1180. The van der Waals surface area contributed by atoms with Crippen LogP contribution < -0.4 is 10.0 Å². The highest BCUT2D eigenvalue weighted by Crippen LogP contribution is 2.28. The highest BCUT2D eigenvalue weighted by molar-refractivity contribution is 7.93. The maximum Gasteiger partial charge on any atom is 0.264 e. The molecule has 0 saturated carbocycles. The minimum absolute atomic E-state index is 0.00193. The summed E-state index contributed by atoms with van der Waals surface area (Å²) in [5.41, 5.74) is 1.16. The number of carbonyl (C=O) groups excluding carboxylic acids is 1. The number of rotatable bonds is 4. The Kier molecular flexibility index (Phi) is 5.43. The molecular weight excluding hydrogens is 434 g/mol. The molecule has 8 nitrogen and oxygen atoms in total. The second-order valence-electron chi connectivity index (χ2n) is 6.79. The fourth-order valence-electron chi connectivity index (χ4n) is 3.27. The van der Waals surface area contributed by atoms with Crippen molar-refractivity contribution >= 4 is 56.0 Å². The molecule has 1 saturated heterocycles. The Morgan fingerprint density at radius 2 is 2.14 bits per heavy atom. The van der Waals surface area contributed by atoms with Crippen molar-refractivity contribution in [2.75, 3.05) is 24.4 Å². The molecule has 11 heteroatoms. The van der Waals surface area contributed by atoms with E-state index < -0.39 is 10.0 Å². The first-order valence-electron chi connectivity index (χ1n) is 8.91. The van der Waals surface area contributed by atoms with E-state index in [2.05, 4.69) is 18.8 Å². The van der Waals surface area contributed by atoms with Crippen molar-refractivity contribution < 1.29 is 13.2 Å². The molecule has 1 unspecified atom stereocenters. The lowest BCUT2D eigenvalue weighted by Crippen LogP contribution is -2.51. The highest BCUT2D eigenvalue weighted by atomic mass is 35.5. The maximum absolute atomic E-state index is 13.1. The molecule has 1 fully saturated rings. The van der Waals surface area contributed by atoms with Crippen molar-refractivity contribution in [3.63, 3.8) is 0 Å². The van der Waals surface area contributed by atoms with Crippen LogP contribution in [-0.4, -0.2) is 53.6 Å². The Morgan fingerprint density at radius 1 is 1.31 bits per heavy atom. The topological polar surface area (TPSA) is 104 Å². The van der Waals surface area contributed by atoms with Gasteiger partial charge in [0.25, 0.3) is 15.9 Å². The van der Waals surface area contributed by atoms with Gasteiger partial charge in [-0.1, -0.05) is 17.7 Å². The summed E-state index contributed by atoms with van der Waals surface area (Å²) in [5.74, 6) is -0.249. The van der Waals surface area contributed by atoms with Crippen LogP contribution in [0.2, 0.25) is 5.02 Å². The summed E-state index contributed by atoms with van der Waals surface area (Å²) in [5, 5.41) is 3.60. The monoisotopic (exact) mass is 451 g/mol. The molecule has 1 aromatic heterocycles. The van der Waals surface area contributed by atoms with Crippen molar-refractivity contribution in [1.82, 2.24) is 19.0 Å². The summed E-state index contributed by atoms with van der Waals surface area (Å²) in [6, 6.07) is 9.47. The van der Waals surface area contributed by atoms with E-state index in [9.17, 15) is 13.2 Å². The summed E-state index contributed by atoms with van der Waals surface area (Å²) in [4.78, 5) is 14.8. The lowest BCUT2D eigenvalue weighted by molar-refractivity contribution is 0.0710. The van der Waals surface area contributed by atoms with Gasteiger partial charge in [0.15, 0.2) is 0 Å². The first-order chi connectivity index (χ1) is 13.8. The molecule has 2 aromatic carbocycles. The van der Waals surface area contributed by atoms with Gasteiger partial charge < -0.3 is 10.2 Å². The minimum Gasteiger partial charge on any atom is -0.336 e. The molecule has 3 aromatic rings. The van der Waals surface area contributed by atoms with E-state index >= 15 is 0 Å². The molecule has 1 amide bonds. The van der Waals surface area contributed by atoms with Gasteiger partial charge in [-0.05, 0) is 37.3 Å². The second kappa shape index (κ2) is 7.86. The van der Waals surface area contributed by atoms with E-state index in [1.54, 1.807) is 29.2 Å². The summed E-state index contributed by atoms with van der Waals surface area (Å²) in [6.45, 7) is 3.76. The number of nitrogens with zero attached hydrogens (tertiary/aromatic N) is 3. The van der Waals surface area contributed by atoms with Crippen LogP contribution >= 0.6 is 23.3 Å². The zero-order chi connectivity index (χ0) is 20.6. The van der Waals surface area contributed by atoms with E-state index in [1.165, 1.54) is 12.1 Å². The first-order valence-corrected chi connectivity index (χ1v) is 11.5. The summed E-state index contributed by atoms with van der Waals surface area (Å²) in [7, 11) is -4.01. The average Bonchev–Trinajstić information content (AvgIpc) is 3.16. The number of aromatic nitrogens is 2. The molecule has 29 heavy (non-hydrogen) atoms. The molecule has 0 radical (unpaired) electrons. The molecule has 2 N–H and O–H groups in total. The van der Waals surface area contributed by atoms with Crippen LogP contribution in [0.4, 0.5) is 5.69 Å². The Morgan fingerprint density at radius 3 is 2.93 bits per heavy atom. The van der Waals surface area contributed by atoms with Crippen molar-refractivity contribution in [3.05, 3.63) is 47.0 Å². The fraction of sp³-hybridized carbons (Fsp3) is 0.278. The van der Waals surface area contributed by atoms with E-state index in [0.29, 0.717) is 30.2 Å². The van der Waals surface area contributed by atoms with Gasteiger partial charge >= 0.3 is 0 Å². The number of piperazine rings is 1. The Hall–Kier alpha value is -2.27. The van der Waals surface area contributed by atoms with Gasteiger partial charge in [-0.2, -0.15) is 8.75 Å². The molecule has 1 aliphatic heterocycles. The van der Waals surface area contributed by atoms with Gasteiger partial charge in [0.05, 0.1) is 23.0 Å². The Labute approximate surface area is 177 Å². The zero-order valence-electron chi connectivity index (χ0n) is 15.4. The average molecular weight is 452 g/mol. The largest absolute Gasteiger partial charge is 0.336 e. The van der Waals surface area contributed by atoms with Gasteiger partial charge in [-0.15, -0.1) is 0 Å². The lowest BCUT2D eigenvalue weighted by Gasteiger charge is -2.32. The molecule has 4 rings (SSSR count). The van der Waals surface area contributed by atoms with Gasteiger partial charge in [-0.25, -0.2) is 8.42 Å². The van der Waals surface area contributed by atoms with Crippen LogP contribution in [0.5, 0.6) is 0 Å². The van der Waals surface area contributed by atoms with Crippen LogP contribution in [0.25, 0.3) is 11.0 Å². The molecule has 1 aliphatic rings. The number of anilines is 1. The van der Waals surface area contributed by atoms with E-state index in [-0.39, 0.29) is 33.6 Å². The number of carbonyl (C=O) groups is 1. The van der Waals surface area contributed by atoms with E-state index in [1.807, 2.05) is 6.92 Å². The summed E-state index contributed by atoms with van der Waals surface area (Å²) >= 11 is 7.03. The molecule has 0 aliphatic carbocycles. The quantitative estimate of drug-likeness (QED) is 0.631. The number of fused-ring (bicyclic) bond motifs is 1. The number of nitrogens with one attached hydrogen (secondary N) is 2. The molecule has 0 bridgehead atoms. The van der Waals surface area contributed by atoms with Crippen molar-refractivity contribution in [3.8, 4) is 0 Å². The molecule has 2 heterocycles. The van der Waals surface area contributed by atoms with Gasteiger partial charge in [-0.3, -0.25) is 9.52 Å². The normalized spacial score (nSPS) is 17.4. The van der Waals surface area contributed by atoms with Crippen LogP contribution in [-0.2, 0) is 10.0 Å². The van der Waals surface area contributed by atoms with E-state index in [0.717, 1.165) is 11.7 Å². The second-order valence-corrected chi connectivity index (χ2v) is 9.41. The third-order valence-electron chi connectivity index (χ3n) is 4.65. The SMILES string of the molecule is CC1CN(C(=O)c2ccc(Cl)cc2NS(=O)(=O)c2cccc3nsnc23)CCN1. The maximum atomic E-state index is 13.1. The van der Waals surface area contributed by atoms with Crippen LogP contribution in [0, 0.1) is 0 Å². The molecule has 152 valence electrons. The summed E-state index contributed by atoms with van der Waals surface area (Å²) < 4.78 is 36.8. The number of sulfonamides is 1. The van der Waals surface area contributed by atoms with Crippen LogP contribution in [0.15, 0.2) is 41.3 Å². The standard InChI is InChI=1S/C18H18ClN5O3S2/c1-11-10-24(8-7-20-11)18(25)13-6-5-12(19)9-15(13)23-29(26,27)16-4-2-3-14-17(16)22-28-21-14/h2-6,9,11,20,23H,7-8,10H2,1H3. The minimum atomic E-state index is -4.01. The van der Waals surface area contributed by atoms with Crippen molar-refractivity contribution in [1.29, 1.82) is 0 Å². The number of hydrogen-bond donors (Lipinski definition) is 2. The number of halogens is 1. The lowest BCUT2D eigenvalue weighted by atomic mass is 10.1. The third kappa shape index (κ3) is 4.06. The van der Waals surface area contributed by atoms with Crippen LogP contribution in [0.3, 0.4) is 0 Å².